The van der Waals surface area contributed by atoms with Crippen LogP contribution in [0.3, 0.4) is 0 Å². The first-order valence-electron chi connectivity index (χ1n) is 9.61. The average molecular weight is 429 g/mol. The SMILES string of the molecule is O=C1c2ccccc2C(=O)N1c1cc2c(cc1S(=O)(=O)N1CCNCC1)OCCO2. The molecule has 1 saturated heterocycles. The van der Waals surface area contributed by atoms with Crippen LogP contribution in [0, 0.1) is 0 Å². The number of amides is 2. The van der Waals surface area contributed by atoms with Crippen LogP contribution in [0.25, 0.3) is 0 Å². The molecule has 10 heteroatoms. The summed E-state index contributed by atoms with van der Waals surface area (Å²) in [4.78, 5) is 26.9. The van der Waals surface area contributed by atoms with E-state index >= 15 is 0 Å². The molecule has 9 nitrogen and oxygen atoms in total. The molecule has 2 aromatic carbocycles. The maximum absolute atomic E-state index is 13.5. The molecule has 0 spiro atoms. The van der Waals surface area contributed by atoms with Gasteiger partial charge in [-0.2, -0.15) is 4.31 Å². The maximum Gasteiger partial charge on any atom is 0.266 e. The number of rotatable bonds is 3. The number of fused-ring (bicyclic) bond motifs is 2. The Bertz CT molecular complexity index is 1120. The summed E-state index contributed by atoms with van der Waals surface area (Å²) in [5.74, 6) is -0.560. The van der Waals surface area contributed by atoms with Crippen LogP contribution < -0.4 is 19.7 Å². The van der Waals surface area contributed by atoms with Gasteiger partial charge in [-0.3, -0.25) is 9.59 Å². The highest BCUT2D eigenvalue weighted by molar-refractivity contribution is 7.89. The van der Waals surface area contributed by atoms with Crippen molar-refractivity contribution in [3.8, 4) is 11.5 Å². The largest absolute Gasteiger partial charge is 0.486 e. The molecule has 2 aromatic rings. The summed E-state index contributed by atoms with van der Waals surface area (Å²) in [6.45, 7) is 2.19. The number of piperazine rings is 1. The van der Waals surface area contributed by atoms with Crippen LogP contribution in [0.4, 0.5) is 5.69 Å². The molecule has 0 saturated carbocycles. The Morgan fingerprint density at radius 1 is 0.867 bits per heavy atom. The first kappa shape index (κ1) is 19.0. The van der Waals surface area contributed by atoms with Crippen molar-refractivity contribution in [3.63, 3.8) is 0 Å². The van der Waals surface area contributed by atoms with Gasteiger partial charge in [0.05, 0.1) is 16.8 Å². The maximum atomic E-state index is 13.5. The summed E-state index contributed by atoms with van der Waals surface area (Å²) in [5.41, 5.74) is 0.454. The van der Waals surface area contributed by atoms with E-state index in [1.807, 2.05) is 0 Å². The van der Waals surface area contributed by atoms with Crippen molar-refractivity contribution in [2.24, 2.45) is 0 Å². The quantitative estimate of drug-likeness (QED) is 0.721. The van der Waals surface area contributed by atoms with Gasteiger partial charge in [0, 0.05) is 38.3 Å². The Balaban J connectivity index is 1.68. The summed E-state index contributed by atoms with van der Waals surface area (Å²) < 4.78 is 39.5. The minimum absolute atomic E-state index is 0.0241. The van der Waals surface area contributed by atoms with Crippen molar-refractivity contribution in [1.82, 2.24) is 9.62 Å². The van der Waals surface area contributed by atoms with Crippen molar-refractivity contribution in [2.75, 3.05) is 44.3 Å². The van der Waals surface area contributed by atoms with Gasteiger partial charge in [0.15, 0.2) is 11.5 Å². The van der Waals surface area contributed by atoms with E-state index in [9.17, 15) is 18.0 Å². The van der Waals surface area contributed by atoms with Gasteiger partial charge in [0.2, 0.25) is 10.0 Å². The highest BCUT2D eigenvalue weighted by Crippen LogP contribution is 2.42. The third-order valence-electron chi connectivity index (χ3n) is 5.35. The first-order valence-corrected chi connectivity index (χ1v) is 11.0. The van der Waals surface area contributed by atoms with Crippen molar-refractivity contribution in [2.45, 2.75) is 4.90 Å². The van der Waals surface area contributed by atoms with Gasteiger partial charge in [-0.05, 0) is 12.1 Å². The zero-order valence-corrected chi connectivity index (χ0v) is 16.8. The lowest BCUT2D eigenvalue weighted by molar-refractivity contribution is 0.0925. The molecule has 30 heavy (non-hydrogen) atoms. The molecule has 0 atom stereocenters. The molecule has 5 rings (SSSR count). The molecule has 1 fully saturated rings. The normalized spacial score (nSPS) is 19.1. The molecule has 3 heterocycles. The second-order valence-electron chi connectivity index (χ2n) is 7.11. The number of carbonyl (C=O) groups is 2. The Labute approximate surface area is 173 Å². The van der Waals surface area contributed by atoms with Crippen LogP contribution >= 0.6 is 0 Å². The number of anilines is 1. The van der Waals surface area contributed by atoms with Crippen molar-refractivity contribution in [1.29, 1.82) is 0 Å². The number of carbonyl (C=O) groups excluding carboxylic acids is 2. The van der Waals surface area contributed by atoms with Crippen LogP contribution in [0.2, 0.25) is 0 Å². The summed E-state index contributed by atoms with van der Waals surface area (Å²) >= 11 is 0. The van der Waals surface area contributed by atoms with Crippen molar-refractivity contribution >= 4 is 27.5 Å². The predicted molar refractivity (Wildman–Crippen MR) is 107 cm³/mol. The number of imide groups is 1. The Kier molecular flexibility index (Phi) is 4.49. The summed E-state index contributed by atoms with van der Waals surface area (Å²) in [6.07, 6.45) is 0. The lowest BCUT2D eigenvalue weighted by Gasteiger charge is -2.29. The van der Waals surface area contributed by atoms with E-state index in [1.54, 1.807) is 24.3 Å². The zero-order valence-electron chi connectivity index (χ0n) is 16.0. The molecule has 3 aliphatic rings. The third-order valence-corrected chi connectivity index (χ3v) is 7.28. The highest BCUT2D eigenvalue weighted by atomic mass is 32.2. The highest BCUT2D eigenvalue weighted by Gasteiger charge is 2.41. The van der Waals surface area contributed by atoms with E-state index in [1.165, 1.54) is 16.4 Å². The van der Waals surface area contributed by atoms with Crippen LogP contribution in [0.15, 0.2) is 41.3 Å². The topological polar surface area (TPSA) is 105 Å². The van der Waals surface area contributed by atoms with Gasteiger partial charge >= 0.3 is 0 Å². The van der Waals surface area contributed by atoms with E-state index in [-0.39, 0.29) is 34.1 Å². The smallest absolute Gasteiger partial charge is 0.266 e. The molecular formula is C20H19N3O6S. The molecule has 156 valence electrons. The van der Waals surface area contributed by atoms with Gasteiger partial charge < -0.3 is 14.8 Å². The zero-order chi connectivity index (χ0) is 20.9. The van der Waals surface area contributed by atoms with Gasteiger partial charge in [-0.15, -0.1) is 0 Å². The van der Waals surface area contributed by atoms with Gasteiger partial charge in [-0.25, -0.2) is 13.3 Å². The number of ether oxygens (including phenoxy) is 2. The van der Waals surface area contributed by atoms with E-state index in [4.69, 9.17) is 9.47 Å². The first-order chi connectivity index (χ1) is 14.5. The number of hydrogen-bond donors (Lipinski definition) is 1. The average Bonchev–Trinajstić information content (AvgIpc) is 3.04. The van der Waals surface area contributed by atoms with E-state index in [0.717, 1.165) is 4.90 Å². The Morgan fingerprint density at radius 2 is 1.43 bits per heavy atom. The summed E-state index contributed by atoms with van der Waals surface area (Å²) in [5, 5.41) is 3.11. The molecule has 0 radical (unpaired) electrons. The molecule has 3 aliphatic heterocycles. The van der Waals surface area contributed by atoms with Crippen LogP contribution in [-0.4, -0.2) is 63.9 Å². The van der Waals surface area contributed by atoms with Gasteiger partial charge in [0.25, 0.3) is 11.8 Å². The number of nitrogens with one attached hydrogen (secondary N) is 1. The fraction of sp³-hybridized carbons (Fsp3) is 0.300. The summed E-state index contributed by atoms with van der Waals surface area (Å²) in [6, 6.07) is 9.19. The third kappa shape index (κ3) is 2.87. The lowest BCUT2D eigenvalue weighted by Crippen LogP contribution is -2.46. The molecule has 2 amide bonds. The van der Waals surface area contributed by atoms with E-state index < -0.39 is 21.8 Å². The number of hydrogen-bond acceptors (Lipinski definition) is 7. The van der Waals surface area contributed by atoms with Crippen molar-refractivity contribution < 1.29 is 27.5 Å². The number of sulfonamides is 1. The minimum atomic E-state index is -3.99. The minimum Gasteiger partial charge on any atom is -0.486 e. The predicted octanol–water partition coefficient (Wildman–Crippen LogP) is 0.852. The molecule has 0 unspecified atom stereocenters. The molecule has 0 aromatic heterocycles. The van der Waals surface area contributed by atoms with Gasteiger partial charge in [0.1, 0.15) is 18.1 Å². The lowest BCUT2D eigenvalue weighted by atomic mass is 10.1. The standard InChI is InChI=1S/C20H19N3O6S/c24-19-13-3-1-2-4-14(13)20(25)23(19)15-11-16-17(29-10-9-28-16)12-18(15)30(26,27)22-7-5-21-6-8-22/h1-4,11-12,21H,5-10H2. The Morgan fingerprint density at radius 3 is 2.03 bits per heavy atom. The van der Waals surface area contributed by atoms with Crippen molar-refractivity contribution in [3.05, 3.63) is 47.5 Å². The molecular weight excluding hydrogens is 410 g/mol. The van der Waals surface area contributed by atoms with Crippen LogP contribution in [0.5, 0.6) is 11.5 Å². The number of nitrogens with zero attached hydrogens (tertiary/aromatic N) is 2. The van der Waals surface area contributed by atoms with Crippen LogP contribution in [-0.2, 0) is 10.0 Å². The monoisotopic (exact) mass is 429 g/mol. The van der Waals surface area contributed by atoms with Crippen LogP contribution in [0.1, 0.15) is 20.7 Å². The molecule has 0 aliphatic carbocycles. The number of benzene rings is 2. The fourth-order valence-corrected chi connectivity index (χ4v) is 5.48. The van der Waals surface area contributed by atoms with E-state index in [0.29, 0.717) is 38.5 Å². The fourth-order valence-electron chi connectivity index (χ4n) is 3.87. The summed E-state index contributed by atoms with van der Waals surface area (Å²) in [7, 11) is -3.99. The van der Waals surface area contributed by atoms with E-state index in [2.05, 4.69) is 5.32 Å². The van der Waals surface area contributed by atoms with Gasteiger partial charge in [-0.1, -0.05) is 12.1 Å². The Hall–Kier alpha value is -2.95. The second kappa shape index (κ2) is 7.08. The molecule has 0 bridgehead atoms. The molecule has 1 N–H and O–H groups in total. The second-order valence-corrected chi connectivity index (χ2v) is 9.02.